The van der Waals surface area contributed by atoms with Crippen molar-refractivity contribution < 1.29 is 9.26 Å². The largest absolute Gasteiger partial charge is 0.495 e. The average molecular weight is 477 g/mol. The van der Waals surface area contributed by atoms with Gasteiger partial charge in [0.1, 0.15) is 5.75 Å². The number of methoxy groups -OCH3 is 1. The number of hydrogen-bond acceptors (Lipinski definition) is 8. The van der Waals surface area contributed by atoms with Crippen molar-refractivity contribution in [1.29, 1.82) is 0 Å². The third kappa shape index (κ3) is 3.94. The van der Waals surface area contributed by atoms with Crippen LogP contribution >= 0.6 is 11.8 Å². The van der Waals surface area contributed by atoms with Gasteiger partial charge in [0.05, 0.1) is 29.5 Å². The molecule has 2 aromatic carbocycles. The van der Waals surface area contributed by atoms with Crippen molar-refractivity contribution >= 4 is 28.4 Å². The van der Waals surface area contributed by atoms with Gasteiger partial charge >= 0.3 is 0 Å². The molecule has 5 aromatic rings. The number of hydrogen-bond donors (Lipinski definition) is 0. The molecule has 0 spiro atoms. The first kappa shape index (κ1) is 22.1. The number of nitrogens with zero attached hydrogens (tertiary/aromatic N) is 6. The topological polar surface area (TPSA) is 100 Å². The van der Waals surface area contributed by atoms with Gasteiger partial charge in [-0.1, -0.05) is 49.0 Å². The second-order valence-corrected chi connectivity index (χ2v) is 9.38. The van der Waals surface area contributed by atoms with E-state index in [4.69, 9.17) is 9.26 Å². The number of thioether (sulfide) groups is 1. The van der Waals surface area contributed by atoms with Gasteiger partial charge in [-0.05, 0) is 42.7 Å². The van der Waals surface area contributed by atoms with Crippen LogP contribution in [0, 0.1) is 12.8 Å². The van der Waals surface area contributed by atoms with E-state index < -0.39 is 0 Å². The molecule has 0 aliphatic rings. The smallest absolute Gasteiger partial charge is 0.267 e. The van der Waals surface area contributed by atoms with Crippen LogP contribution in [0.1, 0.15) is 31.1 Å². The molecule has 174 valence electrons. The summed E-state index contributed by atoms with van der Waals surface area (Å²) in [6.45, 7) is 6.19. The summed E-state index contributed by atoms with van der Waals surface area (Å²) in [6.07, 6.45) is 0.761. The summed E-state index contributed by atoms with van der Waals surface area (Å²) in [5.41, 5.74) is 2.15. The van der Waals surface area contributed by atoms with Crippen molar-refractivity contribution in [2.24, 2.45) is 5.92 Å². The molecule has 34 heavy (non-hydrogen) atoms. The predicted octanol–water partition coefficient (Wildman–Crippen LogP) is 4.22. The van der Waals surface area contributed by atoms with Gasteiger partial charge in [-0.25, -0.2) is 4.57 Å². The summed E-state index contributed by atoms with van der Waals surface area (Å²) in [4.78, 5) is 18.1. The molecule has 0 atom stereocenters. The molecule has 3 aromatic heterocycles. The number of aryl methyl sites for hydroxylation is 1. The second kappa shape index (κ2) is 8.94. The summed E-state index contributed by atoms with van der Waals surface area (Å²) in [6, 6.07) is 13.1. The van der Waals surface area contributed by atoms with Gasteiger partial charge in [-0.2, -0.15) is 4.98 Å². The fourth-order valence-electron chi connectivity index (χ4n) is 3.89. The number of rotatable bonds is 7. The molecule has 0 radical (unpaired) electrons. The highest BCUT2D eigenvalue weighted by Gasteiger charge is 2.20. The highest BCUT2D eigenvalue weighted by Crippen LogP contribution is 2.28. The van der Waals surface area contributed by atoms with Crippen LogP contribution in [0.3, 0.4) is 0 Å². The number of para-hydroxylation sites is 1. The van der Waals surface area contributed by atoms with Crippen LogP contribution in [0.4, 0.5) is 0 Å². The molecular weight excluding hydrogens is 452 g/mol. The Morgan fingerprint density at radius 2 is 1.97 bits per heavy atom. The molecular formula is C24H24N6O3S. The Kier molecular flexibility index (Phi) is 5.82. The van der Waals surface area contributed by atoms with Crippen LogP contribution in [0.2, 0.25) is 0 Å². The molecule has 0 saturated heterocycles. The van der Waals surface area contributed by atoms with E-state index >= 15 is 0 Å². The van der Waals surface area contributed by atoms with Crippen molar-refractivity contribution in [3.63, 3.8) is 0 Å². The van der Waals surface area contributed by atoms with Gasteiger partial charge in [0.25, 0.3) is 5.56 Å². The summed E-state index contributed by atoms with van der Waals surface area (Å²) >= 11 is 1.43. The van der Waals surface area contributed by atoms with E-state index in [0.29, 0.717) is 51.1 Å². The van der Waals surface area contributed by atoms with E-state index in [9.17, 15) is 4.79 Å². The Balaban J connectivity index is 1.64. The summed E-state index contributed by atoms with van der Waals surface area (Å²) in [7, 11) is 1.58. The predicted molar refractivity (Wildman–Crippen MR) is 130 cm³/mol. The maximum Gasteiger partial charge on any atom is 0.267 e. The SMILES string of the molecule is COc1ccc(C)cc1-n1c(=O)c2ccccc2n2c(SCc3nc(CC(C)C)no3)nnc12. The number of ether oxygens (including phenoxy) is 1. The lowest BCUT2D eigenvalue weighted by Gasteiger charge is -2.14. The van der Waals surface area contributed by atoms with E-state index in [1.165, 1.54) is 11.8 Å². The van der Waals surface area contributed by atoms with E-state index in [2.05, 4.69) is 34.2 Å². The molecule has 0 unspecified atom stereocenters. The Labute approximate surface area is 199 Å². The maximum absolute atomic E-state index is 13.6. The zero-order valence-electron chi connectivity index (χ0n) is 19.3. The highest BCUT2D eigenvalue weighted by atomic mass is 32.2. The van der Waals surface area contributed by atoms with Crippen molar-refractivity contribution in [3.05, 3.63) is 70.1 Å². The maximum atomic E-state index is 13.6. The number of aromatic nitrogens is 6. The molecule has 0 aliphatic heterocycles. The molecule has 0 amide bonds. The molecule has 0 fully saturated rings. The Morgan fingerprint density at radius 1 is 1.15 bits per heavy atom. The third-order valence-corrected chi connectivity index (χ3v) is 6.31. The van der Waals surface area contributed by atoms with E-state index in [0.717, 1.165) is 17.5 Å². The Hall–Kier alpha value is -3.66. The molecule has 10 heteroatoms. The zero-order valence-corrected chi connectivity index (χ0v) is 20.2. The lowest BCUT2D eigenvalue weighted by Crippen LogP contribution is -2.22. The van der Waals surface area contributed by atoms with Gasteiger partial charge < -0.3 is 9.26 Å². The van der Waals surface area contributed by atoms with Crippen LogP contribution in [-0.2, 0) is 12.2 Å². The monoisotopic (exact) mass is 476 g/mol. The van der Waals surface area contributed by atoms with Crippen molar-refractivity contribution in [2.45, 2.75) is 38.1 Å². The van der Waals surface area contributed by atoms with Gasteiger partial charge in [-0.15, -0.1) is 10.2 Å². The van der Waals surface area contributed by atoms with Crippen LogP contribution in [-0.4, -0.2) is 36.4 Å². The Morgan fingerprint density at radius 3 is 2.76 bits per heavy atom. The lowest BCUT2D eigenvalue weighted by molar-refractivity contribution is 0.382. The highest BCUT2D eigenvalue weighted by molar-refractivity contribution is 7.98. The summed E-state index contributed by atoms with van der Waals surface area (Å²) in [5.74, 6) is 3.08. The van der Waals surface area contributed by atoms with Gasteiger partial charge in [-0.3, -0.25) is 9.20 Å². The minimum Gasteiger partial charge on any atom is -0.495 e. The van der Waals surface area contributed by atoms with Gasteiger partial charge in [0.2, 0.25) is 11.7 Å². The fourth-order valence-corrected chi connectivity index (χ4v) is 4.66. The molecule has 0 N–H and O–H groups in total. The average Bonchev–Trinajstić information content (AvgIpc) is 3.44. The van der Waals surface area contributed by atoms with Crippen LogP contribution in [0.15, 0.2) is 56.9 Å². The first-order valence-electron chi connectivity index (χ1n) is 10.9. The van der Waals surface area contributed by atoms with Crippen LogP contribution < -0.4 is 10.3 Å². The first-order valence-corrected chi connectivity index (χ1v) is 11.9. The van der Waals surface area contributed by atoms with Crippen molar-refractivity contribution in [2.75, 3.05) is 7.11 Å². The van der Waals surface area contributed by atoms with E-state index in [1.807, 2.05) is 47.7 Å². The van der Waals surface area contributed by atoms with E-state index in [-0.39, 0.29) is 5.56 Å². The number of fused-ring (bicyclic) bond motifs is 3. The molecule has 3 heterocycles. The fraction of sp³-hybridized carbons (Fsp3) is 0.292. The van der Waals surface area contributed by atoms with Crippen LogP contribution in [0.5, 0.6) is 5.75 Å². The van der Waals surface area contributed by atoms with Crippen LogP contribution in [0.25, 0.3) is 22.4 Å². The van der Waals surface area contributed by atoms with E-state index in [1.54, 1.807) is 17.7 Å². The normalized spacial score (nSPS) is 11.7. The first-order chi connectivity index (χ1) is 16.5. The molecule has 0 bridgehead atoms. The van der Waals surface area contributed by atoms with Crippen molar-refractivity contribution in [3.8, 4) is 11.4 Å². The third-order valence-electron chi connectivity index (χ3n) is 5.40. The standard InChI is InChI=1S/C24H24N6O3S/c1-14(2)11-20-25-21(33-28-20)13-34-24-27-26-23-29(18-12-15(3)9-10-19(18)32-4)22(31)16-7-5-6-8-17(16)30(23)24/h5-10,12,14H,11,13H2,1-4H3. The molecule has 5 rings (SSSR count). The Bertz CT molecular complexity index is 1550. The van der Waals surface area contributed by atoms with Crippen molar-refractivity contribution in [1.82, 2.24) is 29.3 Å². The summed E-state index contributed by atoms with van der Waals surface area (Å²) < 4.78 is 14.4. The molecule has 9 nitrogen and oxygen atoms in total. The second-order valence-electron chi connectivity index (χ2n) is 8.44. The lowest BCUT2D eigenvalue weighted by atomic mass is 10.1. The summed E-state index contributed by atoms with van der Waals surface area (Å²) in [5, 5.41) is 14.0. The van der Waals surface area contributed by atoms with Gasteiger partial charge in [0.15, 0.2) is 11.0 Å². The minimum absolute atomic E-state index is 0.189. The minimum atomic E-state index is -0.189. The zero-order chi connectivity index (χ0) is 23.8. The quantitative estimate of drug-likeness (QED) is 0.322. The molecule has 0 aliphatic carbocycles. The molecule has 0 saturated carbocycles. The van der Waals surface area contributed by atoms with Gasteiger partial charge in [0, 0.05) is 6.42 Å². The number of benzene rings is 2.